The van der Waals surface area contributed by atoms with Crippen LogP contribution in [0.25, 0.3) is 0 Å². The molecule has 0 aliphatic rings. The minimum atomic E-state index is -0.361. The smallest absolute Gasteiger partial charge is 0.321 e. The fourth-order valence-electron chi connectivity index (χ4n) is 2.13. The third kappa shape index (κ3) is 3.71. The lowest BCUT2D eigenvalue weighted by atomic mass is 10.0. The molecule has 0 aliphatic carbocycles. The van der Waals surface area contributed by atoms with Gasteiger partial charge in [0.2, 0.25) is 0 Å². The molecule has 0 aliphatic heterocycles. The van der Waals surface area contributed by atoms with Crippen molar-refractivity contribution in [2.45, 2.75) is 6.92 Å². The fourth-order valence-corrected chi connectivity index (χ4v) is 2.13. The number of ether oxygens (including phenoxy) is 1. The monoisotopic (exact) mass is 330 g/mol. The number of rotatable bonds is 4. The average Bonchev–Trinajstić information content (AvgIpc) is 2.56. The molecule has 0 aromatic heterocycles. The van der Waals surface area contributed by atoms with E-state index in [4.69, 9.17) is 4.74 Å². The molecule has 0 saturated heterocycles. The zero-order valence-corrected chi connectivity index (χ0v) is 14.0. The zero-order valence-electron chi connectivity index (χ0n) is 14.0. The van der Waals surface area contributed by atoms with E-state index in [-0.39, 0.29) is 17.6 Å². The van der Waals surface area contributed by atoms with Gasteiger partial charge in [0.15, 0.2) is 5.78 Å². The van der Waals surface area contributed by atoms with E-state index in [1.165, 1.54) is 30.2 Å². The van der Waals surface area contributed by atoms with Gasteiger partial charge in [-0.15, -0.1) is 0 Å². The van der Waals surface area contributed by atoms with Crippen molar-refractivity contribution in [2.24, 2.45) is 0 Å². The Labute approximate surface area is 140 Å². The molecule has 2 aromatic carbocycles. The number of halogens is 1. The summed E-state index contributed by atoms with van der Waals surface area (Å²) in [6, 6.07) is 8.62. The van der Waals surface area contributed by atoms with Gasteiger partial charge in [0.25, 0.3) is 0 Å². The molecule has 2 amide bonds. The van der Waals surface area contributed by atoms with Gasteiger partial charge in [0.05, 0.1) is 12.8 Å². The van der Waals surface area contributed by atoms with Crippen molar-refractivity contribution in [3.05, 3.63) is 58.9 Å². The number of hydrogen-bond donors (Lipinski definition) is 1. The van der Waals surface area contributed by atoms with Gasteiger partial charge in [0, 0.05) is 25.2 Å². The maximum absolute atomic E-state index is 13.4. The molecule has 0 saturated carbocycles. The molecule has 0 bridgehead atoms. The molecule has 1 N–H and O–H groups in total. The van der Waals surface area contributed by atoms with E-state index >= 15 is 0 Å². The standard InChI is InChI=1S/C18H19FN2O3/c1-11-9-12(5-7-14(11)19)17(22)13-6-8-16(24-4)15(10-13)20-18(23)21(2)3/h5-10H,1-4H3,(H,20,23). The van der Waals surface area contributed by atoms with Crippen LogP contribution in [0.4, 0.5) is 14.9 Å². The molecule has 0 unspecified atom stereocenters. The van der Waals surface area contributed by atoms with E-state index in [0.29, 0.717) is 28.1 Å². The third-order valence-corrected chi connectivity index (χ3v) is 3.53. The number of hydrogen-bond acceptors (Lipinski definition) is 3. The van der Waals surface area contributed by atoms with E-state index in [1.54, 1.807) is 39.2 Å². The molecule has 126 valence electrons. The number of carbonyl (C=O) groups is 2. The second-order valence-corrected chi connectivity index (χ2v) is 5.53. The Balaban J connectivity index is 2.38. The van der Waals surface area contributed by atoms with Gasteiger partial charge >= 0.3 is 6.03 Å². The molecule has 0 radical (unpaired) electrons. The maximum Gasteiger partial charge on any atom is 0.321 e. The predicted octanol–water partition coefficient (Wildman–Crippen LogP) is 3.47. The normalized spacial score (nSPS) is 10.2. The summed E-state index contributed by atoms with van der Waals surface area (Å²) in [5.41, 5.74) is 1.54. The van der Waals surface area contributed by atoms with Crippen molar-refractivity contribution >= 4 is 17.5 Å². The number of anilines is 1. The van der Waals surface area contributed by atoms with E-state index in [9.17, 15) is 14.0 Å². The summed E-state index contributed by atoms with van der Waals surface area (Å²) in [5, 5.41) is 2.68. The molecule has 2 aromatic rings. The first kappa shape index (κ1) is 17.5. The molecule has 6 heteroatoms. The van der Waals surface area contributed by atoms with Gasteiger partial charge in [-0.3, -0.25) is 4.79 Å². The van der Waals surface area contributed by atoms with Gasteiger partial charge in [-0.2, -0.15) is 0 Å². The SMILES string of the molecule is COc1ccc(C(=O)c2ccc(F)c(C)c2)cc1NC(=O)N(C)C. The summed E-state index contributed by atoms with van der Waals surface area (Å²) in [7, 11) is 4.70. The van der Waals surface area contributed by atoms with Crippen LogP contribution in [0.15, 0.2) is 36.4 Å². The van der Waals surface area contributed by atoms with Crippen molar-refractivity contribution in [1.29, 1.82) is 0 Å². The molecule has 2 rings (SSSR count). The number of benzene rings is 2. The predicted molar refractivity (Wildman–Crippen MR) is 90.3 cm³/mol. The van der Waals surface area contributed by atoms with Crippen molar-refractivity contribution in [1.82, 2.24) is 4.90 Å². The second-order valence-electron chi connectivity index (χ2n) is 5.53. The number of nitrogens with one attached hydrogen (secondary N) is 1. The lowest BCUT2D eigenvalue weighted by Gasteiger charge is -2.15. The van der Waals surface area contributed by atoms with Crippen LogP contribution in [-0.2, 0) is 0 Å². The quantitative estimate of drug-likeness (QED) is 0.873. The first-order valence-corrected chi connectivity index (χ1v) is 7.30. The molecular weight excluding hydrogens is 311 g/mol. The lowest BCUT2D eigenvalue weighted by molar-refractivity contribution is 0.103. The molecule has 5 nitrogen and oxygen atoms in total. The van der Waals surface area contributed by atoms with Crippen LogP contribution in [0.3, 0.4) is 0 Å². The van der Waals surface area contributed by atoms with Crippen LogP contribution in [0.1, 0.15) is 21.5 Å². The Morgan fingerprint density at radius 1 is 1.08 bits per heavy atom. The largest absolute Gasteiger partial charge is 0.495 e. The number of urea groups is 1. The summed E-state index contributed by atoms with van der Waals surface area (Å²) in [6.45, 7) is 1.60. The highest BCUT2D eigenvalue weighted by Crippen LogP contribution is 2.27. The van der Waals surface area contributed by atoms with E-state index in [2.05, 4.69) is 5.32 Å². The van der Waals surface area contributed by atoms with Crippen LogP contribution < -0.4 is 10.1 Å². The van der Waals surface area contributed by atoms with Gasteiger partial charge in [0.1, 0.15) is 11.6 Å². The fraction of sp³-hybridized carbons (Fsp3) is 0.222. The Morgan fingerprint density at radius 3 is 2.29 bits per heavy atom. The highest BCUT2D eigenvalue weighted by molar-refractivity contribution is 6.10. The van der Waals surface area contributed by atoms with Crippen LogP contribution in [0, 0.1) is 12.7 Å². The zero-order chi connectivity index (χ0) is 17.9. The Hall–Kier alpha value is -2.89. The third-order valence-electron chi connectivity index (χ3n) is 3.53. The first-order chi connectivity index (χ1) is 11.3. The summed E-state index contributed by atoms with van der Waals surface area (Å²) >= 11 is 0. The minimum Gasteiger partial charge on any atom is -0.495 e. The minimum absolute atomic E-state index is 0.263. The number of methoxy groups -OCH3 is 1. The van der Waals surface area contributed by atoms with Crippen molar-refractivity contribution in [3.8, 4) is 5.75 Å². The molecule has 0 fully saturated rings. The Kier molecular flexibility index (Phi) is 5.18. The van der Waals surface area contributed by atoms with E-state index in [0.717, 1.165) is 0 Å². The van der Waals surface area contributed by atoms with Gasteiger partial charge in [-0.1, -0.05) is 0 Å². The van der Waals surface area contributed by atoms with Crippen LogP contribution in [0.5, 0.6) is 5.75 Å². The van der Waals surface area contributed by atoms with Gasteiger partial charge in [-0.05, 0) is 48.9 Å². The van der Waals surface area contributed by atoms with Gasteiger partial charge in [-0.25, -0.2) is 9.18 Å². The molecular formula is C18H19FN2O3. The average molecular weight is 330 g/mol. The molecule has 0 atom stereocenters. The summed E-state index contributed by atoms with van der Waals surface area (Å²) in [4.78, 5) is 25.8. The maximum atomic E-state index is 13.4. The number of ketones is 1. The number of aryl methyl sites for hydroxylation is 1. The number of carbonyl (C=O) groups excluding carboxylic acids is 2. The first-order valence-electron chi connectivity index (χ1n) is 7.30. The second kappa shape index (κ2) is 7.12. The summed E-state index contributed by atoms with van der Waals surface area (Å²) in [6.07, 6.45) is 0. The number of nitrogens with zero attached hydrogens (tertiary/aromatic N) is 1. The van der Waals surface area contributed by atoms with E-state index < -0.39 is 0 Å². The topological polar surface area (TPSA) is 58.6 Å². The number of amides is 2. The lowest BCUT2D eigenvalue weighted by Crippen LogP contribution is -2.27. The molecule has 24 heavy (non-hydrogen) atoms. The highest BCUT2D eigenvalue weighted by atomic mass is 19.1. The summed E-state index contributed by atoms with van der Waals surface area (Å²) < 4.78 is 18.6. The van der Waals surface area contributed by atoms with Crippen LogP contribution in [0.2, 0.25) is 0 Å². The van der Waals surface area contributed by atoms with Crippen LogP contribution in [-0.4, -0.2) is 37.9 Å². The van der Waals surface area contributed by atoms with Crippen molar-refractivity contribution in [3.63, 3.8) is 0 Å². The Morgan fingerprint density at radius 2 is 1.71 bits per heavy atom. The highest BCUT2D eigenvalue weighted by Gasteiger charge is 2.15. The van der Waals surface area contributed by atoms with Crippen molar-refractivity contribution < 1.29 is 18.7 Å². The summed E-state index contributed by atoms with van der Waals surface area (Å²) in [5.74, 6) is -0.182. The van der Waals surface area contributed by atoms with Gasteiger partial charge < -0.3 is 15.0 Å². The van der Waals surface area contributed by atoms with E-state index in [1.807, 2.05) is 0 Å². The van der Waals surface area contributed by atoms with Crippen LogP contribution >= 0.6 is 0 Å². The molecule has 0 spiro atoms. The Bertz CT molecular complexity index is 788. The molecule has 0 heterocycles. The van der Waals surface area contributed by atoms with Crippen molar-refractivity contribution in [2.75, 3.05) is 26.5 Å².